The Hall–Kier alpha value is -1.07. The molecular weight excluding hydrogens is 231 g/mol. The van der Waals surface area contributed by atoms with E-state index in [1.165, 1.54) is 12.1 Å². The van der Waals surface area contributed by atoms with E-state index in [9.17, 15) is 18.3 Å². The molecule has 1 atom stereocenters. The molecule has 0 aliphatic carbocycles. The standard InChI is InChI=1S/C12H16F3NO/c1-8(2)11(17,7-16)9-3-5-10(6-4-9)12(13,14)15/h3-6,8,17H,7,16H2,1-2H3. The van der Waals surface area contributed by atoms with Gasteiger partial charge in [0, 0.05) is 6.54 Å². The highest BCUT2D eigenvalue weighted by Crippen LogP contribution is 2.33. The Bertz CT molecular complexity index is 372. The van der Waals surface area contributed by atoms with Gasteiger partial charge in [0.25, 0.3) is 0 Å². The first-order chi connectivity index (χ1) is 7.71. The Morgan fingerprint density at radius 2 is 1.53 bits per heavy atom. The third-order valence-electron chi connectivity index (χ3n) is 2.98. The molecule has 0 fully saturated rings. The van der Waals surface area contributed by atoms with Crippen LogP contribution in [0.25, 0.3) is 0 Å². The molecular formula is C12H16F3NO. The lowest BCUT2D eigenvalue weighted by atomic mass is 9.83. The van der Waals surface area contributed by atoms with Gasteiger partial charge in [0.15, 0.2) is 0 Å². The van der Waals surface area contributed by atoms with Crippen molar-refractivity contribution in [2.75, 3.05) is 6.54 Å². The Balaban J connectivity index is 3.10. The second-order valence-electron chi connectivity index (χ2n) is 4.36. The Morgan fingerprint density at radius 1 is 1.12 bits per heavy atom. The monoisotopic (exact) mass is 247 g/mol. The van der Waals surface area contributed by atoms with Crippen LogP contribution in [0.1, 0.15) is 25.0 Å². The molecule has 0 saturated heterocycles. The summed E-state index contributed by atoms with van der Waals surface area (Å²) in [5.41, 5.74) is 3.88. The summed E-state index contributed by atoms with van der Waals surface area (Å²) in [7, 11) is 0. The average molecular weight is 247 g/mol. The number of hydrogen-bond donors (Lipinski definition) is 2. The number of nitrogens with two attached hydrogens (primary N) is 1. The quantitative estimate of drug-likeness (QED) is 0.862. The van der Waals surface area contributed by atoms with Crippen LogP contribution in [0, 0.1) is 5.92 Å². The lowest BCUT2D eigenvalue weighted by Gasteiger charge is -2.31. The second kappa shape index (κ2) is 4.66. The minimum Gasteiger partial charge on any atom is -0.384 e. The molecule has 1 aromatic carbocycles. The first-order valence-corrected chi connectivity index (χ1v) is 5.32. The van der Waals surface area contributed by atoms with Crippen molar-refractivity contribution in [2.24, 2.45) is 11.7 Å². The van der Waals surface area contributed by atoms with Gasteiger partial charge in [0.05, 0.1) is 5.56 Å². The minimum absolute atomic E-state index is 0.0317. The number of aliphatic hydroxyl groups is 1. The number of benzene rings is 1. The lowest BCUT2D eigenvalue weighted by molar-refractivity contribution is -0.137. The molecule has 0 amide bonds. The Labute approximate surface area is 98.3 Å². The van der Waals surface area contributed by atoms with Gasteiger partial charge < -0.3 is 10.8 Å². The van der Waals surface area contributed by atoms with Gasteiger partial charge in [0.2, 0.25) is 0 Å². The van der Waals surface area contributed by atoms with E-state index in [0.717, 1.165) is 12.1 Å². The molecule has 0 heterocycles. The maximum atomic E-state index is 12.4. The van der Waals surface area contributed by atoms with Crippen molar-refractivity contribution >= 4 is 0 Å². The van der Waals surface area contributed by atoms with Gasteiger partial charge >= 0.3 is 6.18 Å². The van der Waals surface area contributed by atoms with Gasteiger partial charge in [-0.2, -0.15) is 13.2 Å². The molecule has 0 aliphatic rings. The van der Waals surface area contributed by atoms with E-state index in [1.807, 2.05) is 0 Å². The van der Waals surface area contributed by atoms with Crippen LogP contribution in [0.5, 0.6) is 0 Å². The zero-order valence-corrected chi connectivity index (χ0v) is 9.75. The van der Waals surface area contributed by atoms with Gasteiger partial charge in [-0.05, 0) is 23.6 Å². The maximum absolute atomic E-state index is 12.4. The van der Waals surface area contributed by atoms with Crippen LogP contribution in [0.15, 0.2) is 24.3 Å². The van der Waals surface area contributed by atoms with Crippen molar-refractivity contribution in [1.29, 1.82) is 0 Å². The molecule has 0 aliphatic heterocycles. The fourth-order valence-corrected chi connectivity index (χ4v) is 1.63. The molecule has 96 valence electrons. The minimum atomic E-state index is -4.36. The highest BCUT2D eigenvalue weighted by molar-refractivity contribution is 5.29. The van der Waals surface area contributed by atoms with Crippen molar-refractivity contribution < 1.29 is 18.3 Å². The van der Waals surface area contributed by atoms with Gasteiger partial charge in [-0.25, -0.2) is 0 Å². The summed E-state index contributed by atoms with van der Waals surface area (Å²) >= 11 is 0. The highest BCUT2D eigenvalue weighted by Gasteiger charge is 2.34. The second-order valence-corrected chi connectivity index (χ2v) is 4.36. The topological polar surface area (TPSA) is 46.2 Å². The summed E-state index contributed by atoms with van der Waals surface area (Å²) in [6, 6.07) is 4.46. The number of alkyl halides is 3. The summed E-state index contributed by atoms with van der Waals surface area (Å²) in [5, 5.41) is 10.3. The smallest absolute Gasteiger partial charge is 0.384 e. The first kappa shape index (κ1) is 14.0. The third-order valence-corrected chi connectivity index (χ3v) is 2.98. The van der Waals surface area contributed by atoms with Crippen LogP contribution in [0.3, 0.4) is 0 Å². The predicted octanol–water partition coefficient (Wildman–Crippen LogP) is 2.51. The van der Waals surface area contributed by atoms with Crippen molar-refractivity contribution in [3.8, 4) is 0 Å². The summed E-state index contributed by atoms with van der Waals surface area (Å²) < 4.78 is 37.1. The van der Waals surface area contributed by atoms with Gasteiger partial charge in [-0.15, -0.1) is 0 Å². The number of rotatable bonds is 3. The Morgan fingerprint density at radius 3 is 1.82 bits per heavy atom. The van der Waals surface area contributed by atoms with E-state index in [1.54, 1.807) is 13.8 Å². The van der Waals surface area contributed by atoms with Gasteiger partial charge in [-0.1, -0.05) is 26.0 Å². The molecule has 0 aromatic heterocycles. The lowest BCUT2D eigenvalue weighted by Crippen LogP contribution is -2.39. The van der Waals surface area contributed by atoms with E-state index in [2.05, 4.69) is 0 Å². The fraction of sp³-hybridized carbons (Fsp3) is 0.500. The van der Waals surface area contributed by atoms with Crippen LogP contribution >= 0.6 is 0 Å². The zero-order chi connectivity index (χ0) is 13.3. The molecule has 2 nitrogen and oxygen atoms in total. The van der Waals surface area contributed by atoms with Gasteiger partial charge in [-0.3, -0.25) is 0 Å². The third kappa shape index (κ3) is 2.79. The molecule has 0 saturated carbocycles. The van der Waals surface area contributed by atoms with E-state index in [0.29, 0.717) is 5.56 Å². The van der Waals surface area contributed by atoms with Crippen LogP contribution < -0.4 is 5.73 Å². The summed E-state index contributed by atoms with van der Waals surface area (Å²) in [5.74, 6) is -0.177. The molecule has 0 spiro atoms. The molecule has 0 bridgehead atoms. The van der Waals surface area contributed by atoms with E-state index in [-0.39, 0.29) is 12.5 Å². The summed E-state index contributed by atoms with van der Waals surface area (Å²) in [6.45, 7) is 3.51. The highest BCUT2D eigenvalue weighted by atomic mass is 19.4. The zero-order valence-electron chi connectivity index (χ0n) is 9.75. The normalized spacial score (nSPS) is 16.0. The van der Waals surface area contributed by atoms with E-state index < -0.39 is 17.3 Å². The van der Waals surface area contributed by atoms with Crippen molar-refractivity contribution in [2.45, 2.75) is 25.6 Å². The molecule has 1 unspecified atom stereocenters. The van der Waals surface area contributed by atoms with E-state index >= 15 is 0 Å². The van der Waals surface area contributed by atoms with Crippen molar-refractivity contribution in [3.63, 3.8) is 0 Å². The molecule has 3 N–H and O–H groups in total. The van der Waals surface area contributed by atoms with Crippen molar-refractivity contribution in [3.05, 3.63) is 35.4 Å². The van der Waals surface area contributed by atoms with Crippen LogP contribution in [-0.2, 0) is 11.8 Å². The van der Waals surface area contributed by atoms with Crippen LogP contribution in [0.4, 0.5) is 13.2 Å². The summed E-state index contributed by atoms with van der Waals surface area (Å²) in [6.07, 6.45) is -4.36. The average Bonchev–Trinajstić information content (AvgIpc) is 2.26. The SMILES string of the molecule is CC(C)C(O)(CN)c1ccc(C(F)(F)F)cc1. The molecule has 17 heavy (non-hydrogen) atoms. The maximum Gasteiger partial charge on any atom is 0.416 e. The fourth-order valence-electron chi connectivity index (χ4n) is 1.63. The molecule has 5 heteroatoms. The first-order valence-electron chi connectivity index (χ1n) is 5.32. The Kier molecular flexibility index (Phi) is 3.84. The molecule has 1 rings (SSSR count). The predicted molar refractivity (Wildman–Crippen MR) is 59.2 cm³/mol. The number of hydrogen-bond acceptors (Lipinski definition) is 2. The van der Waals surface area contributed by atoms with Crippen LogP contribution in [-0.4, -0.2) is 11.7 Å². The summed E-state index contributed by atoms with van der Waals surface area (Å²) in [4.78, 5) is 0. The van der Waals surface area contributed by atoms with Gasteiger partial charge in [0.1, 0.15) is 5.60 Å². The van der Waals surface area contributed by atoms with Crippen molar-refractivity contribution in [1.82, 2.24) is 0 Å². The molecule has 1 aromatic rings. The number of halogens is 3. The van der Waals surface area contributed by atoms with Crippen LogP contribution in [0.2, 0.25) is 0 Å². The molecule has 0 radical (unpaired) electrons. The largest absolute Gasteiger partial charge is 0.416 e. The van der Waals surface area contributed by atoms with E-state index in [4.69, 9.17) is 5.73 Å².